The normalized spacial score (nSPS) is 12.5. The van der Waals surface area contributed by atoms with Crippen molar-refractivity contribution in [1.82, 2.24) is 14.8 Å². The van der Waals surface area contributed by atoms with Crippen LogP contribution in [-0.4, -0.2) is 20.7 Å². The number of halogens is 1. The predicted octanol–water partition coefficient (Wildman–Crippen LogP) is 3.50. The number of aryl methyl sites for hydroxylation is 3. The van der Waals surface area contributed by atoms with Gasteiger partial charge >= 0.3 is 0 Å². The molecule has 0 fully saturated rings. The van der Waals surface area contributed by atoms with Gasteiger partial charge in [0.05, 0.1) is 34.6 Å². The molecule has 2 aromatic rings. The van der Waals surface area contributed by atoms with Gasteiger partial charge < -0.3 is 5.32 Å². The highest BCUT2D eigenvalue weighted by Gasteiger charge is 2.18. The van der Waals surface area contributed by atoms with E-state index in [1.54, 1.807) is 4.68 Å². The third-order valence-electron chi connectivity index (χ3n) is 3.45. The molecular weight excluding hydrogens is 308 g/mol. The van der Waals surface area contributed by atoms with E-state index in [0.29, 0.717) is 16.7 Å². The molecule has 0 aliphatic carbocycles. The van der Waals surface area contributed by atoms with E-state index in [1.165, 1.54) is 11.3 Å². The number of rotatable bonds is 4. The molecule has 0 aliphatic rings. The topological polar surface area (TPSA) is 59.8 Å². The lowest BCUT2D eigenvalue weighted by Gasteiger charge is -2.12. The van der Waals surface area contributed by atoms with E-state index >= 15 is 0 Å². The van der Waals surface area contributed by atoms with Gasteiger partial charge in [-0.25, -0.2) is 4.98 Å². The molecule has 5 nitrogen and oxygen atoms in total. The van der Waals surface area contributed by atoms with E-state index in [-0.39, 0.29) is 11.8 Å². The fourth-order valence-electron chi connectivity index (χ4n) is 1.95. The molecule has 114 valence electrons. The van der Waals surface area contributed by atoms with E-state index in [2.05, 4.69) is 15.4 Å². The number of nitrogens with one attached hydrogen (secondary N) is 1. The molecule has 0 saturated heterocycles. The first kappa shape index (κ1) is 16.0. The van der Waals surface area contributed by atoms with E-state index in [4.69, 9.17) is 11.6 Å². The summed E-state index contributed by atoms with van der Waals surface area (Å²) in [4.78, 5) is 17.7. The summed E-state index contributed by atoms with van der Waals surface area (Å²) in [6.45, 7) is 10.0. The molecule has 0 aliphatic heterocycles. The average molecular weight is 327 g/mol. The summed E-state index contributed by atoms with van der Waals surface area (Å²) in [5, 5.41) is 8.52. The summed E-state index contributed by atoms with van der Waals surface area (Å²) in [5.41, 5.74) is 2.62. The van der Waals surface area contributed by atoms with Crippen LogP contribution in [0.15, 0.2) is 0 Å². The molecule has 2 heterocycles. The van der Waals surface area contributed by atoms with Crippen molar-refractivity contribution in [3.8, 4) is 0 Å². The van der Waals surface area contributed by atoms with Gasteiger partial charge in [-0.05, 0) is 27.7 Å². The maximum Gasteiger partial charge on any atom is 0.230 e. The lowest BCUT2D eigenvalue weighted by molar-refractivity contribution is -0.119. The molecule has 1 unspecified atom stereocenters. The number of carbonyl (C=O) groups is 1. The summed E-state index contributed by atoms with van der Waals surface area (Å²) < 4.78 is 1.78. The molecule has 1 amide bonds. The molecule has 1 N–H and O–H groups in total. The number of anilines is 1. The summed E-state index contributed by atoms with van der Waals surface area (Å²) in [6, 6.07) is 0. The fourth-order valence-corrected chi connectivity index (χ4v) is 2.90. The van der Waals surface area contributed by atoms with Crippen molar-refractivity contribution in [3.63, 3.8) is 0 Å². The summed E-state index contributed by atoms with van der Waals surface area (Å²) in [5.74, 6) is -0.281. The van der Waals surface area contributed by atoms with Crippen molar-refractivity contribution < 1.29 is 4.79 Å². The Morgan fingerprint density at radius 3 is 2.48 bits per heavy atom. The zero-order valence-electron chi connectivity index (χ0n) is 12.8. The van der Waals surface area contributed by atoms with Gasteiger partial charge in [0.25, 0.3) is 0 Å². The Labute approximate surface area is 133 Å². The van der Waals surface area contributed by atoms with Crippen LogP contribution < -0.4 is 5.32 Å². The highest BCUT2D eigenvalue weighted by Crippen LogP contribution is 2.23. The van der Waals surface area contributed by atoms with Gasteiger partial charge in [-0.15, -0.1) is 11.3 Å². The van der Waals surface area contributed by atoms with Crippen molar-refractivity contribution in [2.75, 3.05) is 5.32 Å². The van der Waals surface area contributed by atoms with Crippen LogP contribution in [0.25, 0.3) is 0 Å². The second-order valence-electron chi connectivity index (χ2n) is 5.22. The van der Waals surface area contributed by atoms with Gasteiger partial charge in [-0.2, -0.15) is 5.10 Å². The molecule has 0 spiro atoms. The van der Waals surface area contributed by atoms with Crippen LogP contribution in [0, 0.1) is 33.6 Å². The number of hydrogen-bond acceptors (Lipinski definition) is 4. The van der Waals surface area contributed by atoms with Crippen LogP contribution >= 0.6 is 22.9 Å². The molecular formula is C14H19ClN4OS. The Bertz CT molecular complexity index is 657. The van der Waals surface area contributed by atoms with Gasteiger partial charge in [0.1, 0.15) is 0 Å². The molecule has 0 saturated carbocycles. The lowest BCUT2D eigenvalue weighted by atomic mass is 10.1. The Hall–Kier alpha value is -1.40. The first-order chi connectivity index (χ1) is 9.79. The zero-order chi connectivity index (χ0) is 15.7. The van der Waals surface area contributed by atoms with Gasteiger partial charge in [0.2, 0.25) is 5.91 Å². The van der Waals surface area contributed by atoms with Crippen LogP contribution in [0.3, 0.4) is 0 Å². The van der Waals surface area contributed by atoms with Crippen LogP contribution in [-0.2, 0) is 11.3 Å². The minimum atomic E-state index is -0.219. The van der Waals surface area contributed by atoms with E-state index in [0.717, 1.165) is 22.0 Å². The van der Waals surface area contributed by atoms with Crippen molar-refractivity contribution >= 4 is 34.0 Å². The largest absolute Gasteiger partial charge is 0.302 e. The first-order valence-corrected chi connectivity index (χ1v) is 7.93. The number of aromatic nitrogens is 3. The summed E-state index contributed by atoms with van der Waals surface area (Å²) in [7, 11) is 0. The molecule has 7 heteroatoms. The lowest BCUT2D eigenvalue weighted by Crippen LogP contribution is -2.25. The maximum atomic E-state index is 12.2. The Morgan fingerprint density at radius 1 is 1.33 bits per heavy atom. The smallest absolute Gasteiger partial charge is 0.230 e. The molecule has 0 radical (unpaired) electrons. The minimum Gasteiger partial charge on any atom is -0.302 e. The Morgan fingerprint density at radius 2 is 2.00 bits per heavy atom. The molecule has 2 rings (SSSR count). The quantitative estimate of drug-likeness (QED) is 0.935. The van der Waals surface area contributed by atoms with Crippen molar-refractivity contribution in [1.29, 1.82) is 0 Å². The number of nitrogens with zero attached hydrogens (tertiary/aromatic N) is 3. The highest BCUT2D eigenvalue weighted by atomic mass is 35.5. The number of amides is 1. The van der Waals surface area contributed by atoms with Gasteiger partial charge in [-0.1, -0.05) is 18.5 Å². The van der Waals surface area contributed by atoms with Crippen LogP contribution in [0.1, 0.15) is 28.9 Å². The van der Waals surface area contributed by atoms with E-state index in [1.807, 2.05) is 34.6 Å². The molecule has 0 bridgehead atoms. The molecule has 21 heavy (non-hydrogen) atoms. The van der Waals surface area contributed by atoms with E-state index < -0.39 is 0 Å². The van der Waals surface area contributed by atoms with Crippen molar-refractivity contribution in [2.45, 2.75) is 41.2 Å². The van der Waals surface area contributed by atoms with E-state index in [9.17, 15) is 4.79 Å². The van der Waals surface area contributed by atoms with Crippen LogP contribution in [0.4, 0.5) is 5.13 Å². The second kappa shape index (κ2) is 6.15. The summed E-state index contributed by atoms with van der Waals surface area (Å²) in [6.07, 6.45) is 0. The zero-order valence-corrected chi connectivity index (χ0v) is 14.4. The molecule has 2 aromatic heterocycles. The maximum absolute atomic E-state index is 12.2. The van der Waals surface area contributed by atoms with Gasteiger partial charge in [-0.3, -0.25) is 9.48 Å². The number of hydrogen-bond donors (Lipinski definition) is 1. The number of thiazole rings is 1. The Kier molecular flexibility index (Phi) is 4.68. The standard InChI is InChI=1S/C14H19ClN4OS/c1-7(6-19-10(4)12(15)9(3)18-19)13(20)17-14-16-8(2)11(5)21-14/h7H,6H2,1-5H3,(H,16,17,20). The van der Waals surface area contributed by atoms with Crippen molar-refractivity contribution in [3.05, 3.63) is 27.0 Å². The number of carbonyl (C=O) groups excluding carboxylic acids is 1. The SMILES string of the molecule is Cc1nc(NC(=O)C(C)Cn2nc(C)c(Cl)c2C)sc1C. The highest BCUT2D eigenvalue weighted by molar-refractivity contribution is 7.15. The van der Waals surface area contributed by atoms with Crippen LogP contribution in [0.5, 0.6) is 0 Å². The third-order valence-corrected chi connectivity index (χ3v) is 4.98. The summed E-state index contributed by atoms with van der Waals surface area (Å²) >= 11 is 7.61. The van der Waals surface area contributed by atoms with Crippen molar-refractivity contribution in [2.24, 2.45) is 5.92 Å². The molecule has 1 atom stereocenters. The Balaban J connectivity index is 2.04. The predicted molar refractivity (Wildman–Crippen MR) is 86.1 cm³/mol. The van der Waals surface area contributed by atoms with Gasteiger partial charge in [0.15, 0.2) is 5.13 Å². The third kappa shape index (κ3) is 3.44. The first-order valence-electron chi connectivity index (χ1n) is 6.74. The average Bonchev–Trinajstić information content (AvgIpc) is 2.85. The fraction of sp³-hybridized carbons (Fsp3) is 0.500. The van der Waals surface area contributed by atoms with Gasteiger partial charge in [0, 0.05) is 4.88 Å². The monoisotopic (exact) mass is 326 g/mol. The molecule has 0 aromatic carbocycles. The van der Waals surface area contributed by atoms with Crippen LogP contribution in [0.2, 0.25) is 5.02 Å². The second-order valence-corrected chi connectivity index (χ2v) is 6.80. The minimum absolute atomic E-state index is 0.0626.